The Morgan fingerprint density at radius 3 is 2.97 bits per heavy atom. The number of carbonyl (C=O) groups excluding carboxylic acids is 1. The summed E-state index contributed by atoms with van der Waals surface area (Å²) in [6.07, 6.45) is 6.18. The molecule has 2 aromatic rings. The Hall–Kier alpha value is -2.33. The minimum Gasteiger partial charge on any atom is -0.320 e. The van der Waals surface area contributed by atoms with Gasteiger partial charge >= 0.3 is 0 Å². The minimum absolute atomic E-state index is 0.000754. The van der Waals surface area contributed by atoms with Gasteiger partial charge in [0.25, 0.3) is 5.91 Å². The Morgan fingerprint density at radius 2 is 2.16 bits per heavy atom. The predicted molar refractivity (Wildman–Crippen MR) is 128 cm³/mol. The van der Waals surface area contributed by atoms with E-state index in [4.69, 9.17) is 11.6 Å². The molecule has 8 nitrogen and oxygen atoms in total. The van der Waals surface area contributed by atoms with Gasteiger partial charge in [0.2, 0.25) is 0 Å². The van der Waals surface area contributed by atoms with Gasteiger partial charge in [0.1, 0.15) is 23.2 Å². The van der Waals surface area contributed by atoms with Crippen molar-refractivity contribution in [3.63, 3.8) is 0 Å². The average molecular weight is 460 g/mol. The van der Waals surface area contributed by atoms with E-state index in [1.807, 2.05) is 19.1 Å². The molecule has 1 fully saturated rings. The summed E-state index contributed by atoms with van der Waals surface area (Å²) >= 11 is 7.48. The van der Waals surface area contributed by atoms with Gasteiger partial charge in [-0.25, -0.2) is 9.98 Å². The van der Waals surface area contributed by atoms with Crippen LogP contribution in [0.2, 0.25) is 5.02 Å². The topological polar surface area (TPSA) is 103 Å². The first-order chi connectivity index (χ1) is 15.1. The van der Waals surface area contributed by atoms with Crippen molar-refractivity contribution in [2.24, 2.45) is 15.9 Å². The van der Waals surface area contributed by atoms with Gasteiger partial charge in [0.15, 0.2) is 5.13 Å². The Bertz CT molecular complexity index is 964. The highest BCUT2D eigenvalue weighted by Gasteiger charge is 2.19. The lowest BCUT2D eigenvalue weighted by molar-refractivity contribution is 0.103. The van der Waals surface area contributed by atoms with Gasteiger partial charge in [0, 0.05) is 13.0 Å². The maximum Gasteiger partial charge on any atom is 0.267 e. The summed E-state index contributed by atoms with van der Waals surface area (Å²) < 4.78 is 0. The van der Waals surface area contributed by atoms with Crippen LogP contribution >= 0.6 is 22.9 Å². The minimum atomic E-state index is -0.240. The molecule has 2 aliphatic rings. The Balaban J connectivity index is 1.30. The number of nitrogens with one attached hydrogen (secondary N) is 4. The second-order valence-corrected chi connectivity index (χ2v) is 9.14. The first-order valence-corrected chi connectivity index (χ1v) is 11.6. The molecule has 4 rings (SSSR count). The van der Waals surface area contributed by atoms with E-state index in [1.165, 1.54) is 24.2 Å². The van der Waals surface area contributed by atoms with Crippen LogP contribution in [-0.2, 0) is 0 Å². The Kier molecular flexibility index (Phi) is 7.29. The van der Waals surface area contributed by atoms with Gasteiger partial charge in [-0.2, -0.15) is 0 Å². The number of anilines is 2. The lowest BCUT2D eigenvalue weighted by Crippen LogP contribution is -2.39. The van der Waals surface area contributed by atoms with Crippen LogP contribution in [0.4, 0.5) is 10.8 Å². The molecule has 2 aliphatic heterocycles. The fraction of sp³-hybridized carbons (Fsp3) is 0.429. The quantitative estimate of drug-likeness (QED) is 0.529. The number of benzene rings is 1. The zero-order valence-electron chi connectivity index (χ0n) is 17.3. The van der Waals surface area contributed by atoms with Crippen molar-refractivity contribution >= 4 is 51.8 Å². The van der Waals surface area contributed by atoms with E-state index in [9.17, 15) is 4.79 Å². The standard InChI is InChI=1S/C21H26ClN7OS/c1-13-3-2-4-15(22)19(13)29-20(30)16-11-25-21(31-16)28-18-9-17(26-12-27-18)24-10-14-5-7-23-8-6-14/h2-4,11-12,14,17,23-24H,5-10H2,1H3,(H,29,30)(H,25,26,27,28). The molecule has 0 bridgehead atoms. The highest BCUT2D eigenvalue weighted by Crippen LogP contribution is 2.27. The van der Waals surface area contributed by atoms with Crippen molar-refractivity contribution in [3.8, 4) is 0 Å². The number of aromatic nitrogens is 1. The summed E-state index contributed by atoms with van der Waals surface area (Å²) in [5, 5.41) is 14.1. The van der Waals surface area contributed by atoms with Crippen molar-refractivity contribution in [3.05, 3.63) is 39.9 Å². The molecule has 3 heterocycles. The molecule has 1 aromatic heterocycles. The lowest BCUT2D eigenvalue weighted by Gasteiger charge is -2.25. The summed E-state index contributed by atoms with van der Waals surface area (Å²) in [6, 6.07) is 5.51. The fourth-order valence-corrected chi connectivity index (χ4v) is 4.60. The van der Waals surface area contributed by atoms with Crippen LogP contribution in [0.1, 0.15) is 34.5 Å². The number of piperidine rings is 1. The molecule has 1 amide bonds. The number of nitrogens with zero attached hydrogens (tertiary/aromatic N) is 3. The normalized spacial score (nSPS) is 19.2. The van der Waals surface area contributed by atoms with E-state index in [-0.39, 0.29) is 12.1 Å². The highest BCUT2D eigenvalue weighted by molar-refractivity contribution is 7.17. The molecule has 1 unspecified atom stereocenters. The zero-order chi connectivity index (χ0) is 21.6. The Labute approximate surface area is 190 Å². The number of amidine groups is 1. The fourth-order valence-electron chi connectivity index (χ4n) is 3.59. The molecule has 0 spiro atoms. The first-order valence-electron chi connectivity index (χ1n) is 10.4. The van der Waals surface area contributed by atoms with Crippen LogP contribution in [-0.4, -0.2) is 48.9 Å². The van der Waals surface area contributed by atoms with E-state index in [1.54, 1.807) is 18.6 Å². The second kappa shape index (κ2) is 10.3. The van der Waals surface area contributed by atoms with E-state index in [0.29, 0.717) is 33.1 Å². The van der Waals surface area contributed by atoms with Crippen LogP contribution < -0.4 is 21.3 Å². The molecule has 1 aromatic carbocycles. The molecule has 0 aliphatic carbocycles. The van der Waals surface area contributed by atoms with Crippen LogP contribution in [0.15, 0.2) is 34.4 Å². The summed E-state index contributed by atoms with van der Waals surface area (Å²) in [5.74, 6) is 1.23. The van der Waals surface area contributed by atoms with E-state index < -0.39 is 0 Å². The molecule has 31 heavy (non-hydrogen) atoms. The zero-order valence-corrected chi connectivity index (χ0v) is 18.9. The van der Waals surface area contributed by atoms with Crippen molar-refractivity contribution in [1.29, 1.82) is 0 Å². The van der Waals surface area contributed by atoms with Gasteiger partial charge in [-0.15, -0.1) is 0 Å². The second-order valence-electron chi connectivity index (χ2n) is 7.70. The van der Waals surface area contributed by atoms with Gasteiger partial charge < -0.3 is 16.0 Å². The molecule has 0 radical (unpaired) electrons. The van der Waals surface area contributed by atoms with Crippen LogP contribution in [0.3, 0.4) is 0 Å². The number of hydrogen-bond donors (Lipinski definition) is 4. The summed E-state index contributed by atoms with van der Waals surface area (Å²) in [6.45, 7) is 5.04. The number of thiazole rings is 1. The largest absolute Gasteiger partial charge is 0.320 e. The third-order valence-electron chi connectivity index (χ3n) is 5.39. The number of rotatable bonds is 6. The van der Waals surface area contributed by atoms with Crippen LogP contribution in [0.25, 0.3) is 0 Å². The summed E-state index contributed by atoms with van der Waals surface area (Å²) in [7, 11) is 0. The molecule has 4 N–H and O–H groups in total. The highest BCUT2D eigenvalue weighted by atomic mass is 35.5. The maximum absolute atomic E-state index is 12.6. The number of aryl methyl sites for hydroxylation is 1. The van der Waals surface area contributed by atoms with Crippen LogP contribution in [0, 0.1) is 12.8 Å². The monoisotopic (exact) mass is 459 g/mol. The smallest absolute Gasteiger partial charge is 0.267 e. The number of amides is 1. The van der Waals surface area contributed by atoms with Crippen molar-refractivity contribution in [1.82, 2.24) is 15.6 Å². The molecule has 10 heteroatoms. The van der Waals surface area contributed by atoms with E-state index in [0.717, 1.165) is 31.0 Å². The van der Waals surface area contributed by atoms with Gasteiger partial charge in [-0.3, -0.25) is 15.1 Å². The SMILES string of the molecule is Cc1cccc(Cl)c1NC(=O)c1cnc(NC2=NC=NC(NCC3CCNCC3)C2)s1. The van der Waals surface area contributed by atoms with Crippen LogP contribution in [0.5, 0.6) is 0 Å². The number of para-hydroxylation sites is 1. The lowest BCUT2D eigenvalue weighted by atomic mass is 9.98. The third kappa shape index (κ3) is 5.88. The van der Waals surface area contributed by atoms with Gasteiger partial charge in [0.05, 0.1) is 16.9 Å². The van der Waals surface area contributed by atoms with Gasteiger partial charge in [-0.1, -0.05) is 35.1 Å². The van der Waals surface area contributed by atoms with Crippen molar-refractivity contribution < 1.29 is 4.79 Å². The summed E-state index contributed by atoms with van der Waals surface area (Å²) in [5.41, 5.74) is 1.52. The first kappa shape index (κ1) is 21.9. The number of carbonyl (C=O) groups is 1. The molecular formula is C21H26ClN7OS. The van der Waals surface area contributed by atoms with Crippen molar-refractivity contribution in [2.45, 2.75) is 32.4 Å². The molecule has 0 saturated carbocycles. The molecule has 164 valence electrons. The summed E-state index contributed by atoms with van der Waals surface area (Å²) in [4.78, 5) is 26.2. The van der Waals surface area contributed by atoms with Gasteiger partial charge in [-0.05, 0) is 50.4 Å². The number of aliphatic imine (C=N–C) groups is 2. The van der Waals surface area contributed by atoms with E-state index in [2.05, 4.69) is 36.2 Å². The average Bonchev–Trinajstić information content (AvgIpc) is 3.24. The Morgan fingerprint density at radius 1 is 1.32 bits per heavy atom. The third-order valence-corrected chi connectivity index (χ3v) is 6.62. The maximum atomic E-state index is 12.6. The molecular weight excluding hydrogens is 434 g/mol. The van der Waals surface area contributed by atoms with Crippen molar-refractivity contribution in [2.75, 3.05) is 30.3 Å². The number of halogens is 1. The molecule has 1 atom stereocenters. The molecule has 1 saturated heterocycles. The van der Waals surface area contributed by atoms with E-state index >= 15 is 0 Å². The number of hydrogen-bond acceptors (Lipinski definition) is 8. The predicted octanol–water partition coefficient (Wildman–Crippen LogP) is 3.51.